The van der Waals surface area contributed by atoms with E-state index >= 15 is 0 Å². The maximum absolute atomic E-state index is 10.5. The Bertz CT molecular complexity index is 490. The molecule has 1 aliphatic heterocycles. The van der Waals surface area contributed by atoms with Crippen LogP contribution in [0.2, 0.25) is 0 Å². The van der Waals surface area contributed by atoms with Gasteiger partial charge in [-0.1, -0.05) is 30.0 Å². The van der Waals surface area contributed by atoms with E-state index in [0.29, 0.717) is 5.92 Å². The van der Waals surface area contributed by atoms with Crippen molar-refractivity contribution in [1.29, 1.82) is 0 Å². The van der Waals surface area contributed by atoms with Crippen molar-refractivity contribution in [3.63, 3.8) is 0 Å². The number of hydrogen-bond donors (Lipinski definition) is 1. The second-order valence-corrected chi connectivity index (χ2v) is 8.03. The van der Waals surface area contributed by atoms with Crippen LogP contribution in [0.4, 0.5) is 0 Å². The van der Waals surface area contributed by atoms with Crippen molar-refractivity contribution in [2.45, 2.75) is 61.1 Å². The smallest absolute Gasteiger partial charge is 0.153 e. The molecule has 1 saturated carbocycles. The summed E-state index contributed by atoms with van der Waals surface area (Å²) in [5.41, 5.74) is -1.42. The second kappa shape index (κ2) is 4.73. The topological polar surface area (TPSA) is 38.7 Å². The average molecular weight is 294 g/mol. The first-order valence-electron chi connectivity index (χ1n) is 7.18. The summed E-state index contributed by atoms with van der Waals surface area (Å²) in [7, 11) is 0. The van der Waals surface area contributed by atoms with Crippen molar-refractivity contribution in [2.24, 2.45) is 5.92 Å². The molecule has 4 atom stereocenters. The van der Waals surface area contributed by atoms with Gasteiger partial charge in [0.05, 0.1) is 5.60 Å². The van der Waals surface area contributed by atoms with Gasteiger partial charge in [0, 0.05) is 10.8 Å². The van der Waals surface area contributed by atoms with E-state index in [1.165, 1.54) is 4.90 Å². The highest BCUT2D eigenvalue weighted by molar-refractivity contribution is 8.00. The number of benzene rings is 1. The Balaban J connectivity index is 1.81. The maximum atomic E-state index is 10.5. The summed E-state index contributed by atoms with van der Waals surface area (Å²) in [6.07, 6.45) is 2.54. The molecule has 1 heterocycles. The molecule has 20 heavy (non-hydrogen) atoms. The minimum Gasteiger partial charge on any atom is -0.387 e. The molecule has 0 aromatic heterocycles. The third-order valence-electron chi connectivity index (χ3n) is 4.95. The fourth-order valence-corrected chi connectivity index (χ4v) is 4.35. The summed E-state index contributed by atoms with van der Waals surface area (Å²) in [6, 6.07) is 10.3. The van der Waals surface area contributed by atoms with Crippen molar-refractivity contribution in [1.82, 2.24) is 0 Å². The van der Waals surface area contributed by atoms with Crippen LogP contribution in [0.1, 0.15) is 40.0 Å². The molecule has 110 valence electrons. The average Bonchev–Trinajstić information content (AvgIpc) is 2.40. The molecule has 0 spiro atoms. The summed E-state index contributed by atoms with van der Waals surface area (Å²) in [4.78, 5) is 12.2. The van der Waals surface area contributed by atoms with Gasteiger partial charge in [-0.05, 0) is 52.2 Å². The Labute approximate surface area is 124 Å². The third kappa shape index (κ3) is 2.29. The largest absolute Gasteiger partial charge is 0.387 e. The van der Waals surface area contributed by atoms with E-state index in [2.05, 4.69) is 19.1 Å². The lowest BCUT2D eigenvalue weighted by Crippen LogP contribution is -2.62. The van der Waals surface area contributed by atoms with Crippen LogP contribution in [0.15, 0.2) is 35.2 Å². The molecule has 1 aromatic rings. The van der Waals surface area contributed by atoms with E-state index in [4.69, 9.17) is 9.78 Å². The van der Waals surface area contributed by atoms with Crippen LogP contribution in [0.25, 0.3) is 0 Å². The van der Waals surface area contributed by atoms with Gasteiger partial charge in [0.25, 0.3) is 0 Å². The van der Waals surface area contributed by atoms with Crippen molar-refractivity contribution < 1.29 is 14.9 Å². The van der Waals surface area contributed by atoms with Gasteiger partial charge >= 0.3 is 0 Å². The second-order valence-electron chi connectivity index (χ2n) is 6.54. The Morgan fingerprint density at radius 1 is 1.15 bits per heavy atom. The highest BCUT2D eigenvalue weighted by atomic mass is 32.2. The van der Waals surface area contributed by atoms with Crippen molar-refractivity contribution in [3.05, 3.63) is 30.3 Å². The molecule has 3 nitrogen and oxygen atoms in total. The van der Waals surface area contributed by atoms with Crippen LogP contribution in [-0.4, -0.2) is 21.2 Å². The van der Waals surface area contributed by atoms with E-state index in [1.54, 1.807) is 11.8 Å². The van der Waals surface area contributed by atoms with Crippen molar-refractivity contribution in [3.8, 4) is 0 Å². The molecule has 0 amide bonds. The van der Waals surface area contributed by atoms with Gasteiger partial charge in [0.2, 0.25) is 0 Å². The van der Waals surface area contributed by atoms with Gasteiger partial charge in [-0.3, -0.25) is 0 Å². The summed E-state index contributed by atoms with van der Waals surface area (Å²) in [6.45, 7) is 5.89. The SMILES string of the molecule is C[C@]1(O)CC[C@H]2C[C@]1(C)OO[C@]2(C)Sc1ccccc1. The molecule has 1 N–H and O–H groups in total. The molecule has 2 aliphatic rings. The fraction of sp³-hybridized carbons (Fsp3) is 0.625. The quantitative estimate of drug-likeness (QED) is 0.843. The molecule has 0 unspecified atom stereocenters. The molecule has 1 saturated heterocycles. The highest BCUT2D eigenvalue weighted by Gasteiger charge is 2.59. The minimum atomic E-state index is -0.817. The molecule has 0 radical (unpaired) electrons. The molecule has 3 rings (SSSR count). The zero-order chi connectivity index (χ0) is 14.4. The minimum absolute atomic E-state index is 0.381. The molecular formula is C16H22O3S. The molecular weight excluding hydrogens is 272 g/mol. The van der Waals surface area contributed by atoms with Gasteiger partial charge < -0.3 is 5.11 Å². The summed E-state index contributed by atoms with van der Waals surface area (Å²) >= 11 is 1.71. The Kier molecular flexibility index (Phi) is 3.41. The number of thioether (sulfide) groups is 1. The van der Waals surface area contributed by atoms with Crippen molar-refractivity contribution in [2.75, 3.05) is 0 Å². The number of hydrogen-bond acceptors (Lipinski definition) is 4. The first-order valence-corrected chi connectivity index (χ1v) is 8.00. The van der Waals surface area contributed by atoms with Crippen LogP contribution in [0.3, 0.4) is 0 Å². The van der Waals surface area contributed by atoms with Crippen LogP contribution in [-0.2, 0) is 9.78 Å². The van der Waals surface area contributed by atoms with Crippen LogP contribution in [0.5, 0.6) is 0 Å². The number of rotatable bonds is 2. The lowest BCUT2D eigenvalue weighted by molar-refractivity contribution is -0.458. The lowest BCUT2D eigenvalue weighted by atomic mass is 9.67. The Hall–Kier alpha value is -0.550. The Morgan fingerprint density at radius 2 is 1.85 bits per heavy atom. The zero-order valence-electron chi connectivity index (χ0n) is 12.3. The monoisotopic (exact) mass is 294 g/mol. The van der Waals surface area contributed by atoms with Gasteiger partial charge in [-0.15, -0.1) is 0 Å². The first kappa shape index (κ1) is 14.4. The molecule has 2 bridgehead atoms. The van der Waals surface area contributed by atoms with Gasteiger partial charge in [0.15, 0.2) is 4.93 Å². The molecule has 1 aromatic carbocycles. The molecule has 2 fully saturated rings. The number of fused-ring (bicyclic) bond motifs is 2. The van der Waals surface area contributed by atoms with Gasteiger partial charge in [-0.25, -0.2) is 9.78 Å². The summed E-state index contributed by atoms with van der Waals surface area (Å²) in [5.74, 6) is 0.381. The van der Waals surface area contributed by atoms with Crippen LogP contribution < -0.4 is 0 Å². The zero-order valence-corrected chi connectivity index (χ0v) is 13.1. The summed E-state index contributed by atoms with van der Waals surface area (Å²) < 4.78 is 0. The van der Waals surface area contributed by atoms with Crippen LogP contribution >= 0.6 is 11.8 Å². The van der Waals surface area contributed by atoms with Crippen LogP contribution in [0, 0.1) is 5.92 Å². The van der Waals surface area contributed by atoms with E-state index in [0.717, 1.165) is 19.3 Å². The third-order valence-corrected chi connectivity index (χ3v) is 6.27. The first-order chi connectivity index (χ1) is 9.35. The van der Waals surface area contributed by atoms with E-state index in [9.17, 15) is 5.11 Å². The molecule has 4 heteroatoms. The lowest BCUT2D eigenvalue weighted by Gasteiger charge is -2.55. The molecule has 1 aliphatic carbocycles. The van der Waals surface area contributed by atoms with Gasteiger partial charge in [-0.2, -0.15) is 0 Å². The number of aliphatic hydroxyl groups is 1. The maximum Gasteiger partial charge on any atom is 0.153 e. The predicted molar refractivity (Wildman–Crippen MR) is 79.2 cm³/mol. The van der Waals surface area contributed by atoms with E-state index in [1.807, 2.05) is 32.0 Å². The standard InChI is InChI=1S/C16H22O3S/c1-14(17)10-9-12-11-15(14,2)18-19-16(12,3)20-13-7-5-4-6-8-13/h4-8,12,17H,9-11H2,1-3H3/t12-,14-,15-,16+/m0/s1. The fourth-order valence-electron chi connectivity index (χ4n) is 3.15. The van der Waals surface area contributed by atoms with E-state index in [-0.39, 0.29) is 0 Å². The highest BCUT2D eigenvalue weighted by Crippen LogP contribution is 2.55. The predicted octanol–water partition coefficient (Wildman–Crippen LogP) is 3.77. The normalized spacial score (nSPS) is 44.3. The van der Waals surface area contributed by atoms with Crippen molar-refractivity contribution >= 4 is 11.8 Å². The van der Waals surface area contributed by atoms with Gasteiger partial charge in [0.1, 0.15) is 5.60 Å². The Morgan fingerprint density at radius 3 is 2.55 bits per heavy atom. The van der Waals surface area contributed by atoms with E-state index < -0.39 is 16.1 Å². The summed E-state index contributed by atoms with van der Waals surface area (Å²) in [5, 5.41) is 10.5.